The fourth-order valence-corrected chi connectivity index (χ4v) is 2.88. The van der Waals surface area contributed by atoms with Crippen LogP contribution in [0.15, 0.2) is 60.7 Å². The Morgan fingerprint density at radius 2 is 1.69 bits per heavy atom. The van der Waals surface area contributed by atoms with Crippen molar-refractivity contribution in [3.63, 3.8) is 0 Å². The highest BCUT2D eigenvalue weighted by atomic mass is 16.5. The van der Waals surface area contributed by atoms with Crippen molar-refractivity contribution in [2.75, 3.05) is 20.2 Å². The second-order valence-corrected chi connectivity index (χ2v) is 5.87. The molecule has 0 radical (unpaired) electrons. The van der Waals surface area contributed by atoms with Gasteiger partial charge < -0.3 is 9.64 Å². The van der Waals surface area contributed by atoms with Gasteiger partial charge in [0.1, 0.15) is 11.4 Å². The summed E-state index contributed by atoms with van der Waals surface area (Å²) >= 11 is 0. The zero-order valence-electron chi connectivity index (χ0n) is 15.3. The van der Waals surface area contributed by atoms with E-state index in [4.69, 9.17) is 9.84 Å². The summed E-state index contributed by atoms with van der Waals surface area (Å²) in [5.41, 5.74) is 3.12. The van der Waals surface area contributed by atoms with E-state index in [0.717, 1.165) is 22.7 Å². The quantitative estimate of drug-likeness (QED) is 0.675. The van der Waals surface area contributed by atoms with E-state index >= 15 is 0 Å². The maximum atomic E-state index is 13.0. The number of amides is 1. The minimum absolute atomic E-state index is 0.0221. The summed E-state index contributed by atoms with van der Waals surface area (Å²) in [6.45, 7) is 5.28. The summed E-state index contributed by atoms with van der Waals surface area (Å²) in [5, 5.41) is 4.71. The fourth-order valence-electron chi connectivity index (χ4n) is 2.88. The number of hydrogen-bond donors (Lipinski definition) is 0. The molecule has 0 saturated heterocycles. The molecule has 1 aromatic heterocycles. The van der Waals surface area contributed by atoms with Crippen LogP contribution >= 0.6 is 0 Å². The third-order valence-corrected chi connectivity index (χ3v) is 4.37. The predicted octanol–water partition coefficient (Wildman–Crippen LogP) is 4.03. The Kier molecular flexibility index (Phi) is 5.37. The lowest BCUT2D eigenvalue weighted by atomic mass is 10.1. The monoisotopic (exact) mass is 349 g/mol. The molecule has 3 aromatic rings. The molecule has 0 fully saturated rings. The maximum absolute atomic E-state index is 13.0. The lowest BCUT2D eigenvalue weighted by Gasteiger charge is -2.19. The predicted molar refractivity (Wildman–Crippen MR) is 103 cm³/mol. The second kappa shape index (κ2) is 7.87. The molecule has 0 aliphatic heterocycles. The lowest BCUT2D eigenvalue weighted by molar-refractivity contribution is 0.0764. The van der Waals surface area contributed by atoms with Crippen LogP contribution in [0.4, 0.5) is 0 Å². The minimum atomic E-state index is -0.0221. The molecule has 3 rings (SSSR count). The van der Waals surface area contributed by atoms with Crippen LogP contribution in [0.1, 0.15) is 24.3 Å². The van der Waals surface area contributed by atoms with Crippen LogP contribution in [0.3, 0.4) is 0 Å². The van der Waals surface area contributed by atoms with Crippen LogP contribution in [-0.2, 0) is 0 Å². The Morgan fingerprint density at radius 1 is 1.04 bits per heavy atom. The molecular weight excluding hydrogens is 326 g/mol. The van der Waals surface area contributed by atoms with Crippen molar-refractivity contribution in [3.05, 3.63) is 66.4 Å². The largest absolute Gasteiger partial charge is 0.497 e. The van der Waals surface area contributed by atoms with Crippen molar-refractivity contribution >= 4 is 5.91 Å². The lowest BCUT2D eigenvalue weighted by Crippen LogP contribution is -2.32. The number of carbonyl (C=O) groups excluding carboxylic acids is 1. The van der Waals surface area contributed by atoms with E-state index in [-0.39, 0.29) is 5.91 Å². The number of carbonyl (C=O) groups is 1. The summed E-state index contributed by atoms with van der Waals surface area (Å²) in [7, 11) is 1.64. The third-order valence-electron chi connectivity index (χ3n) is 4.37. The number of aromatic nitrogens is 2. The van der Waals surface area contributed by atoms with Crippen molar-refractivity contribution in [1.29, 1.82) is 0 Å². The number of ether oxygens (including phenoxy) is 1. The highest BCUT2D eigenvalue weighted by molar-refractivity contribution is 5.94. The van der Waals surface area contributed by atoms with Gasteiger partial charge in [-0.15, -0.1) is 0 Å². The first-order chi connectivity index (χ1) is 12.7. The van der Waals surface area contributed by atoms with E-state index in [1.807, 2.05) is 74.5 Å². The van der Waals surface area contributed by atoms with Gasteiger partial charge in [0.25, 0.3) is 5.91 Å². The van der Waals surface area contributed by atoms with Gasteiger partial charge in [0.05, 0.1) is 18.5 Å². The number of nitrogens with zero attached hydrogens (tertiary/aromatic N) is 3. The molecule has 134 valence electrons. The molecule has 0 atom stereocenters. The summed E-state index contributed by atoms with van der Waals surface area (Å²) in [4.78, 5) is 14.8. The summed E-state index contributed by atoms with van der Waals surface area (Å²) in [5.74, 6) is 0.766. The minimum Gasteiger partial charge on any atom is -0.497 e. The van der Waals surface area contributed by atoms with Gasteiger partial charge in [-0.1, -0.05) is 18.2 Å². The zero-order chi connectivity index (χ0) is 18.5. The molecule has 1 heterocycles. The first kappa shape index (κ1) is 17.7. The number of rotatable bonds is 6. The van der Waals surface area contributed by atoms with Crippen molar-refractivity contribution in [1.82, 2.24) is 14.7 Å². The van der Waals surface area contributed by atoms with Crippen molar-refractivity contribution in [2.45, 2.75) is 13.8 Å². The van der Waals surface area contributed by atoms with Crippen LogP contribution in [0, 0.1) is 0 Å². The Labute approximate surface area is 153 Å². The van der Waals surface area contributed by atoms with Gasteiger partial charge in [0.2, 0.25) is 0 Å². The van der Waals surface area contributed by atoms with Gasteiger partial charge in [0.15, 0.2) is 0 Å². The fraction of sp³-hybridized carbons (Fsp3) is 0.238. The highest BCUT2D eigenvalue weighted by Gasteiger charge is 2.21. The molecule has 5 heteroatoms. The molecular formula is C21H23N3O2. The topological polar surface area (TPSA) is 47.4 Å². The Balaban J connectivity index is 2.09. The van der Waals surface area contributed by atoms with Gasteiger partial charge in [-0.3, -0.25) is 4.79 Å². The summed E-state index contributed by atoms with van der Waals surface area (Å²) < 4.78 is 6.94. The van der Waals surface area contributed by atoms with Crippen LogP contribution < -0.4 is 4.74 Å². The molecule has 0 saturated carbocycles. The van der Waals surface area contributed by atoms with Crippen LogP contribution in [-0.4, -0.2) is 40.8 Å². The van der Waals surface area contributed by atoms with E-state index in [1.54, 1.807) is 16.7 Å². The van der Waals surface area contributed by atoms with Gasteiger partial charge in [-0.2, -0.15) is 5.10 Å². The van der Waals surface area contributed by atoms with Crippen molar-refractivity contribution < 1.29 is 9.53 Å². The van der Waals surface area contributed by atoms with Crippen LogP contribution in [0.25, 0.3) is 16.9 Å². The standard InChI is InChI=1S/C21H23N3O2/c1-4-23(5-2)21(25)20-15-19(16-11-13-18(26-3)14-12-16)22-24(20)17-9-7-6-8-10-17/h6-15H,4-5H2,1-3H3. The average molecular weight is 349 g/mol. The average Bonchev–Trinajstić information content (AvgIpc) is 3.15. The second-order valence-electron chi connectivity index (χ2n) is 5.87. The van der Waals surface area contributed by atoms with E-state index in [1.165, 1.54) is 0 Å². The Bertz CT molecular complexity index is 866. The normalized spacial score (nSPS) is 10.6. The molecule has 0 unspecified atom stereocenters. The van der Waals surface area contributed by atoms with Gasteiger partial charge >= 0.3 is 0 Å². The summed E-state index contributed by atoms with van der Waals surface area (Å²) in [6, 6.07) is 19.3. The number of hydrogen-bond acceptors (Lipinski definition) is 3. The van der Waals surface area contributed by atoms with Crippen molar-refractivity contribution in [3.8, 4) is 22.7 Å². The SMILES string of the molecule is CCN(CC)C(=O)c1cc(-c2ccc(OC)cc2)nn1-c1ccccc1. The van der Waals surface area contributed by atoms with Crippen LogP contribution in [0.2, 0.25) is 0 Å². The molecule has 0 spiro atoms. The first-order valence-electron chi connectivity index (χ1n) is 8.77. The Hall–Kier alpha value is -3.08. The van der Waals surface area contributed by atoms with E-state index < -0.39 is 0 Å². The number of methoxy groups -OCH3 is 1. The molecule has 0 N–H and O–H groups in total. The highest BCUT2D eigenvalue weighted by Crippen LogP contribution is 2.24. The third kappa shape index (κ3) is 3.47. The van der Waals surface area contributed by atoms with Gasteiger partial charge in [-0.05, 0) is 56.3 Å². The van der Waals surface area contributed by atoms with Gasteiger partial charge in [0, 0.05) is 18.7 Å². The molecule has 0 aliphatic carbocycles. The zero-order valence-corrected chi connectivity index (χ0v) is 15.3. The smallest absolute Gasteiger partial charge is 0.272 e. The molecule has 2 aromatic carbocycles. The van der Waals surface area contributed by atoms with E-state index in [0.29, 0.717) is 18.8 Å². The number of benzene rings is 2. The molecule has 0 aliphatic rings. The molecule has 26 heavy (non-hydrogen) atoms. The summed E-state index contributed by atoms with van der Waals surface area (Å²) in [6.07, 6.45) is 0. The number of para-hydroxylation sites is 1. The van der Waals surface area contributed by atoms with Gasteiger partial charge in [-0.25, -0.2) is 4.68 Å². The molecule has 5 nitrogen and oxygen atoms in total. The van der Waals surface area contributed by atoms with Crippen molar-refractivity contribution in [2.24, 2.45) is 0 Å². The van der Waals surface area contributed by atoms with Crippen LogP contribution in [0.5, 0.6) is 5.75 Å². The molecule has 1 amide bonds. The molecule has 0 bridgehead atoms. The first-order valence-corrected chi connectivity index (χ1v) is 8.77. The van der Waals surface area contributed by atoms with E-state index in [9.17, 15) is 4.79 Å². The van der Waals surface area contributed by atoms with E-state index in [2.05, 4.69) is 0 Å². The maximum Gasteiger partial charge on any atom is 0.272 e. The Morgan fingerprint density at radius 3 is 2.27 bits per heavy atom.